The standard InChI is InChI=1S/C25H27ClN2O3/c1-4-14-30-17(2)15-21-10-13-24(18(3)27-21)25(29)28-20-8-11-22(12-9-20)31-23-7-5-6-19(26)16-23/h5-13,16-17H,4,14-15H2,1-3H3,(H,28,29). The molecule has 0 aliphatic carbocycles. The summed E-state index contributed by atoms with van der Waals surface area (Å²) in [6.45, 7) is 6.71. The van der Waals surface area contributed by atoms with E-state index in [0.29, 0.717) is 33.5 Å². The van der Waals surface area contributed by atoms with Gasteiger partial charge in [0.2, 0.25) is 0 Å². The van der Waals surface area contributed by atoms with E-state index in [0.717, 1.165) is 25.1 Å². The van der Waals surface area contributed by atoms with Crippen molar-refractivity contribution in [3.63, 3.8) is 0 Å². The summed E-state index contributed by atoms with van der Waals surface area (Å²) in [6.07, 6.45) is 1.81. The number of carbonyl (C=O) groups excluding carboxylic acids is 1. The van der Waals surface area contributed by atoms with Gasteiger partial charge in [0.25, 0.3) is 5.91 Å². The highest BCUT2D eigenvalue weighted by Gasteiger charge is 2.13. The third-order valence-corrected chi connectivity index (χ3v) is 4.87. The first-order valence-electron chi connectivity index (χ1n) is 10.4. The maximum absolute atomic E-state index is 12.7. The molecule has 6 heteroatoms. The lowest BCUT2D eigenvalue weighted by molar-refractivity contribution is 0.0663. The summed E-state index contributed by atoms with van der Waals surface area (Å²) < 4.78 is 11.5. The smallest absolute Gasteiger partial charge is 0.257 e. The Balaban J connectivity index is 1.60. The summed E-state index contributed by atoms with van der Waals surface area (Å²) in [7, 11) is 0. The largest absolute Gasteiger partial charge is 0.457 e. The van der Waals surface area contributed by atoms with Crippen LogP contribution in [-0.4, -0.2) is 23.6 Å². The number of benzene rings is 2. The minimum Gasteiger partial charge on any atom is -0.457 e. The van der Waals surface area contributed by atoms with Crippen LogP contribution in [0.3, 0.4) is 0 Å². The summed E-state index contributed by atoms with van der Waals surface area (Å²) in [4.78, 5) is 17.3. The van der Waals surface area contributed by atoms with E-state index in [2.05, 4.69) is 17.2 Å². The lowest BCUT2D eigenvalue weighted by atomic mass is 10.1. The fraction of sp³-hybridized carbons (Fsp3) is 0.280. The summed E-state index contributed by atoms with van der Waals surface area (Å²) in [5.41, 5.74) is 2.83. The molecule has 162 valence electrons. The highest BCUT2D eigenvalue weighted by molar-refractivity contribution is 6.30. The van der Waals surface area contributed by atoms with Crippen molar-refractivity contribution in [1.82, 2.24) is 4.98 Å². The Morgan fingerprint density at radius 1 is 1.10 bits per heavy atom. The summed E-state index contributed by atoms with van der Waals surface area (Å²) >= 11 is 5.98. The van der Waals surface area contributed by atoms with Crippen molar-refractivity contribution in [3.8, 4) is 11.5 Å². The monoisotopic (exact) mass is 438 g/mol. The molecule has 0 aliphatic heterocycles. The third-order valence-electron chi connectivity index (χ3n) is 4.64. The van der Waals surface area contributed by atoms with Crippen molar-refractivity contribution in [3.05, 3.63) is 82.6 Å². The summed E-state index contributed by atoms with van der Waals surface area (Å²) in [5.74, 6) is 1.11. The van der Waals surface area contributed by atoms with Crippen LogP contribution >= 0.6 is 11.6 Å². The highest BCUT2D eigenvalue weighted by atomic mass is 35.5. The molecule has 1 atom stereocenters. The number of nitrogens with zero attached hydrogens (tertiary/aromatic N) is 1. The normalized spacial score (nSPS) is 11.7. The fourth-order valence-corrected chi connectivity index (χ4v) is 3.29. The van der Waals surface area contributed by atoms with E-state index in [4.69, 9.17) is 21.1 Å². The van der Waals surface area contributed by atoms with Gasteiger partial charge >= 0.3 is 0 Å². The lowest BCUT2D eigenvalue weighted by Crippen LogP contribution is -2.16. The van der Waals surface area contributed by atoms with Crippen LogP contribution in [-0.2, 0) is 11.2 Å². The molecular formula is C25H27ClN2O3. The molecule has 0 spiro atoms. The van der Waals surface area contributed by atoms with Crippen molar-refractivity contribution >= 4 is 23.2 Å². The molecule has 1 unspecified atom stereocenters. The van der Waals surface area contributed by atoms with Gasteiger partial charge in [-0.1, -0.05) is 24.6 Å². The van der Waals surface area contributed by atoms with Crippen molar-refractivity contribution in [2.75, 3.05) is 11.9 Å². The van der Waals surface area contributed by atoms with Gasteiger partial charge in [0, 0.05) is 29.4 Å². The second-order valence-electron chi connectivity index (χ2n) is 7.36. The molecule has 0 aliphatic rings. The van der Waals surface area contributed by atoms with Gasteiger partial charge in [0.15, 0.2) is 0 Å². The first kappa shape index (κ1) is 22.8. The second kappa shape index (κ2) is 10.9. The number of pyridine rings is 1. The zero-order chi connectivity index (χ0) is 22.2. The van der Waals surface area contributed by atoms with E-state index >= 15 is 0 Å². The van der Waals surface area contributed by atoms with Gasteiger partial charge in [0.05, 0.1) is 17.4 Å². The quantitative estimate of drug-likeness (QED) is 0.417. The molecule has 0 saturated heterocycles. The maximum atomic E-state index is 12.7. The lowest BCUT2D eigenvalue weighted by Gasteiger charge is -2.13. The van der Waals surface area contributed by atoms with Gasteiger partial charge < -0.3 is 14.8 Å². The van der Waals surface area contributed by atoms with E-state index in [-0.39, 0.29) is 12.0 Å². The summed E-state index contributed by atoms with van der Waals surface area (Å²) in [5, 5.41) is 3.52. The molecule has 31 heavy (non-hydrogen) atoms. The van der Waals surface area contributed by atoms with E-state index in [1.807, 2.05) is 38.1 Å². The zero-order valence-corrected chi connectivity index (χ0v) is 18.8. The Kier molecular flexibility index (Phi) is 8.04. The van der Waals surface area contributed by atoms with Crippen LogP contribution in [0.2, 0.25) is 5.02 Å². The Morgan fingerprint density at radius 2 is 1.87 bits per heavy atom. The Bertz CT molecular complexity index is 1020. The molecule has 0 saturated carbocycles. The first-order chi connectivity index (χ1) is 14.9. The number of hydrogen-bond acceptors (Lipinski definition) is 4. The van der Waals surface area contributed by atoms with E-state index in [1.54, 1.807) is 36.4 Å². The van der Waals surface area contributed by atoms with Crippen LogP contribution < -0.4 is 10.1 Å². The number of amides is 1. The molecule has 0 fully saturated rings. The van der Waals surface area contributed by atoms with Crippen LogP contribution in [0.5, 0.6) is 11.5 Å². The van der Waals surface area contributed by atoms with E-state index < -0.39 is 0 Å². The third kappa shape index (κ3) is 6.81. The fourth-order valence-electron chi connectivity index (χ4n) is 3.11. The maximum Gasteiger partial charge on any atom is 0.257 e. The number of rotatable bonds is 9. The molecule has 1 aromatic heterocycles. The first-order valence-corrected chi connectivity index (χ1v) is 10.8. The average Bonchev–Trinajstić information content (AvgIpc) is 2.73. The molecule has 2 aromatic carbocycles. The molecular weight excluding hydrogens is 412 g/mol. The minimum absolute atomic E-state index is 0.0965. The van der Waals surface area contributed by atoms with Crippen molar-refractivity contribution < 1.29 is 14.3 Å². The van der Waals surface area contributed by atoms with Gasteiger partial charge in [-0.05, 0) is 74.9 Å². The zero-order valence-electron chi connectivity index (χ0n) is 18.0. The summed E-state index contributed by atoms with van der Waals surface area (Å²) in [6, 6.07) is 18.1. The van der Waals surface area contributed by atoms with E-state index in [9.17, 15) is 4.79 Å². The minimum atomic E-state index is -0.199. The SMILES string of the molecule is CCCOC(C)Cc1ccc(C(=O)Nc2ccc(Oc3cccc(Cl)c3)cc2)c(C)n1. The van der Waals surface area contributed by atoms with E-state index in [1.165, 1.54) is 0 Å². The molecule has 5 nitrogen and oxygen atoms in total. The number of hydrogen-bond donors (Lipinski definition) is 1. The van der Waals surface area contributed by atoms with Gasteiger partial charge in [-0.25, -0.2) is 0 Å². The van der Waals surface area contributed by atoms with Crippen LogP contribution in [0, 0.1) is 6.92 Å². The number of carbonyl (C=O) groups is 1. The Labute approximate surface area is 188 Å². The number of halogens is 1. The van der Waals surface area contributed by atoms with Crippen LogP contribution in [0.4, 0.5) is 5.69 Å². The number of nitrogens with one attached hydrogen (secondary N) is 1. The molecule has 3 rings (SSSR count). The molecule has 0 radical (unpaired) electrons. The number of anilines is 1. The Hall–Kier alpha value is -2.89. The predicted octanol–water partition coefficient (Wildman–Crippen LogP) is 6.45. The van der Waals surface area contributed by atoms with Gasteiger partial charge in [-0.2, -0.15) is 0 Å². The van der Waals surface area contributed by atoms with Crippen LogP contribution in [0.1, 0.15) is 42.0 Å². The topological polar surface area (TPSA) is 60.5 Å². The van der Waals surface area contributed by atoms with Crippen LogP contribution in [0.15, 0.2) is 60.7 Å². The van der Waals surface area contributed by atoms with Gasteiger partial charge in [0.1, 0.15) is 11.5 Å². The molecule has 1 N–H and O–H groups in total. The molecule has 1 heterocycles. The number of aryl methyl sites for hydroxylation is 1. The van der Waals surface area contributed by atoms with Gasteiger partial charge in [-0.3, -0.25) is 9.78 Å². The predicted molar refractivity (Wildman–Crippen MR) is 124 cm³/mol. The highest BCUT2D eigenvalue weighted by Crippen LogP contribution is 2.25. The Morgan fingerprint density at radius 3 is 2.55 bits per heavy atom. The molecule has 1 amide bonds. The second-order valence-corrected chi connectivity index (χ2v) is 7.80. The van der Waals surface area contributed by atoms with Crippen LogP contribution in [0.25, 0.3) is 0 Å². The average molecular weight is 439 g/mol. The van der Waals surface area contributed by atoms with Crippen molar-refractivity contribution in [2.45, 2.75) is 39.7 Å². The van der Waals surface area contributed by atoms with Crippen molar-refractivity contribution in [1.29, 1.82) is 0 Å². The molecule has 3 aromatic rings. The number of ether oxygens (including phenoxy) is 2. The van der Waals surface area contributed by atoms with Crippen molar-refractivity contribution in [2.24, 2.45) is 0 Å². The number of aromatic nitrogens is 1. The molecule has 0 bridgehead atoms. The van der Waals surface area contributed by atoms with Gasteiger partial charge in [-0.15, -0.1) is 0 Å².